The van der Waals surface area contributed by atoms with Crippen LogP contribution in [0.4, 0.5) is 11.4 Å². The third kappa shape index (κ3) is 4.32. The molecule has 1 aliphatic heterocycles. The van der Waals surface area contributed by atoms with Gasteiger partial charge in [-0.3, -0.25) is 9.52 Å². The number of hydrogen-bond donors (Lipinski definition) is 1. The van der Waals surface area contributed by atoms with Crippen molar-refractivity contribution in [2.75, 3.05) is 29.9 Å². The number of carbonyl (C=O) groups excluding carboxylic acids is 1. The molecule has 0 unspecified atom stereocenters. The van der Waals surface area contributed by atoms with Crippen molar-refractivity contribution < 1.29 is 17.9 Å². The number of anilines is 2. The lowest BCUT2D eigenvalue weighted by Crippen LogP contribution is -2.37. The van der Waals surface area contributed by atoms with E-state index in [1.165, 1.54) is 7.11 Å². The second kappa shape index (κ2) is 8.45. The van der Waals surface area contributed by atoms with Gasteiger partial charge in [-0.1, -0.05) is 48.5 Å². The lowest BCUT2D eigenvalue weighted by atomic mass is 10.0. The van der Waals surface area contributed by atoms with Crippen molar-refractivity contribution in [2.45, 2.75) is 18.6 Å². The van der Waals surface area contributed by atoms with Gasteiger partial charge in [0.25, 0.3) is 5.91 Å². The molecule has 1 N–H and O–H groups in total. The summed E-state index contributed by atoms with van der Waals surface area (Å²) in [6.45, 7) is 0.595. The van der Waals surface area contributed by atoms with Gasteiger partial charge in [-0.05, 0) is 46.9 Å². The van der Waals surface area contributed by atoms with E-state index in [9.17, 15) is 13.2 Å². The molecule has 1 aliphatic rings. The topological polar surface area (TPSA) is 75.7 Å². The maximum Gasteiger partial charge on any atom is 0.252 e. The first-order chi connectivity index (χ1) is 14.5. The zero-order valence-corrected chi connectivity index (χ0v) is 17.6. The van der Waals surface area contributed by atoms with Crippen molar-refractivity contribution in [3.05, 3.63) is 71.8 Å². The van der Waals surface area contributed by atoms with Gasteiger partial charge in [-0.15, -0.1) is 0 Å². The Labute approximate surface area is 176 Å². The van der Waals surface area contributed by atoms with Crippen LogP contribution in [-0.4, -0.2) is 34.6 Å². The molecule has 4 rings (SSSR count). The highest BCUT2D eigenvalue weighted by Crippen LogP contribution is 2.31. The summed E-state index contributed by atoms with van der Waals surface area (Å²) in [5.41, 5.74) is 2.97. The van der Waals surface area contributed by atoms with Gasteiger partial charge in [0.15, 0.2) is 0 Å². The zero-order chi connectivity index (χ0) is 21.1. The number of hydrogen-bond acceptors (Lipinski definition) is 4. The summed E-state index contributed by atoms with van der Waals surface area (Å²) in [5, 5.41) is 1.93. The molecule has 0 fully saturated rings. The summed E-state index contributed by atoms with van der Waals surface area (Å²) < 4.78 is 33.4. The van der Waals surface area contributed by atoms with Crippen LogP contribution in [0.1, 0.15) is 17.5 Å². The fourth-order valence-corrected chi connectivity index (χ4v) is 5.16. The number of sulfonamides is 1. The smallest absolute Gasteiger partial charge is 0.252 e. The monoisotopic (exact) mass is 424 g/mol. The molecule has 0 atom stereocenters. The molecule has 1 heterocycles. The third-order valence-corrected chi connectivity index (χ3v) is 6.51. The normalized spacial score (nSPS) is 13.8. The SMILES string of the molecule is COCC(=O)N1CCCc2ccc(NS(=O)(=O)Cc3cccc4ccccc34)cc21. The molecule has 7 heteroatoms. The quantitative estimate of drug-likeness (QED) is 0.655. The lowest BCUT2D eigenvalue weighted by Gasteiger charge is -2.30. The Hall–Kier alpha value is -2.90. The lowest BCUT2D eigenvalue weighted by molar-refractivity contribution is -0.122. The summed E-state index contributed by atoms with van der Waals surface area (Å²) in [5.74, 6) is -0.258. The van der Waals surface area contributed by atoms with Crippen molar-refractivity contribution >= 4 is 38.1 Å². The number of carbonyl (C=O) groups is 1. The van der Waals surface area contributed by atoms with Crippen molar-refractivity contribution in [3.8, 4) is 0 Å². The molecule has 0 aliphatic carbocycles. The Morgan fingerprint density at radius 2 is 1.90 bits per heavy atom. The zero-order valence-electron chi connectivity index (χ0n) is 16.8. The minimum absolute atomic E-state index is 0.00350. The highest BCUT2D eigenvalue weighted by molar-refractivity contribution is 7.91. The van der Waals surface area contributed by atoms with E-state index in [2.05, 4.69) is 4.72 Å². The third-order valence-electron chi connectivity index (χ3n) is 5.27. The largest absolute Gasteiger partial charge is 0.375 e. The predicted molar refractivity (Wildman–Crippen MR) is 119 cm³/mol. The number of fused-ring (bicyclic) bond motifs is 2. The van der Waals surface area contributed by atoms with E-state index in [4.69, 9.17) is 4.74 Å². The Balaban J connectivity index is 1.59. The van der Waals surface area contributed by atoms with E-state index in [0.29, 0.717) is 12.2 Å². The van der Waals surface area contributed by atoms with Crippen LogP contribution in [-0.2, 0) is 31.7 Å². The number of methoxy groups -OCH3 is 1. The molecule has 156 valence electrons. The molecule has 0 radical (unpaired) electrons. The van der Waals surface area contributed by atoms with E-state index in [1.807, 2.05) is 48.5 Å². The van der Waals surface area contributed by atoms with Crippen molar-refractivity contribution in [1.29, 1.82) is 0 Å². The first-order valence-electron chi connectivity index (χ1n) is 9.86. The van der Waals surface area contributed by atoms with Gasteiger partial charge >= 0.3 is 0 Å². The van der Waals surface area contributed by atoms with Crippen LogP contribution < -0.4 is 9.62 Å². The Kier molecular flexibility index (Phi) is 5.74. The van der Waals surface area contributed by atoms with Crippen LogP contribution in [0.3, 0.4) is 0 Å². The summed E-state index contributed by atoms with van der Waals surface area (Å²) >= 11 is 0. The van der Waals surface area contributed by atoms with Gasteiger partial charge in [0.05, 0.1) is 11.4 Å². The Morgan fingerprint density at radius 3 is 2.73 bits per heavy atom. The standard InChI is InChI=1S/C23H24N2O4S/c1-29-15-23(26)25-13-5-9-18-11-12-20(14-22(18)25)24-30(27,28)16-19-8-4-7-17-6-2-3-10-21(17)19/h2-4,6-8,10-12,14,24H,5,9,13,15-16H2,1H3. The van der Waals surface area contributed by atoms with E-state index in [0.717, 1.165) is 40.4 Å². The van der Waals surface area contributed by atoms with Gasteiger partial charge in [0, 0.05) is 19.3 Å². The average Bonchev–Trinajstić information content (AvgIpc) is 2.73. The van der Waals surface area contributed by atoms with Crippen molar-refractivity contribution in [2.24, 2.45) is 0 Å². The molecule has 6 nitrogen and oxygen atoms in total. The van der Waals surface area contributed by atoms with Gasteiger partial charge in [-0.25, -0.2) is 8.42 Å². The van der Waals surface area contributed by atoms with Gasteiger partial charge in [-0.2, -0.15) is 0 Å². The fourth-order valence-electron chi connectivity index (χ4n) is 3.94. The first-order valence-corrected chi connectivity index (χ1v) is 11.5. The van der Waals surface area contributed by atoms with Crippen molar-refractivity contribution in [3.63, 3.8) is 0 Å². The number of nitrogens with one attached hydrogen (secondary N) is 1. The maximum atomic E-state index is 12.9. The van der Waals surface area contributed by atoms with Crippen LogP contribution in [0.25, 0.3) is 10.8 Å². The minimum atomic E-state index is -3.63. The molecule has 3 aromatic carbocycles. The minimum Gasteiger partial charge on any atom is -0.375 e. The molecule has 3 aromatic rings. The van der Waals surface area contributed by atoms with Gasteiger partial charge in [0.1, 0.15) is 6.61 Å². The first kappa shape index (κ1) is 20.4. The van der Waals surface area contributed by atoms with Crippen LogP contribution in [0, 0.1) is 0 Å². The second-order valence-electron chi connectivity index (χ2n) is 7.42. The molecule has 30 heavy (non-hydrogen) atoms. The summed E-state index contributed by atoms with van der Waals surface area (Å²) in [6.07, 6.45) is 1.73. The Bertz CT molecular complexity index is 1190. The molecule has 0 saturated carbocycles. The van der Waals surface area contributed by atoms with Gasteiger partial charge < -0.3 is 9.64 Å². The molecule has 0 aromatic heterocycles. The number of aryl methyl sites for hydroxylation is 1. The van der Waals surface area contributed by atoms with Crippen LogP contribution in [0.5, 0.6) is 0 Å². The number of rotatable bonds is 6. The number of nitrogens with zero attached hydrogens (tertiary/aromatic N) is 1. The maximum absolute atomic E-state index is 12.9. The van der Waals surface area contributed by atoms with Crippen LogP contribution in [0.15, 0.2) is 60.7 Å². The van der Waals surface area contributed by atoms with Crippen LogP contribution >= 0.6 is 0 Å². The highest BCUT2D eigenvalue weighted by Gasteiger charge is 2.23. The molecular formula is C23H24N2O4S. The fraction of sp³-hybridized carbons (Fsp3) is 0.261. The number of ether oxygens (including phenoxy) is 1. The molecule has 1 amide bonds. The van der Waals surface area contributed by atoms with E-state index in [-0.39, 0.29) is 18.3 Å². The highest BCUT2D eigenvalue weighted by atomic mass is 32.2. The number of benzene rings is 3. The van der Waals surface area contributed by atoms with Crippen LogP contribution in [0.2, 0.25) is 0 Å². The molecular weight excluding hydrogens is 400 g/mol. The predicted octanol–water partition coefficient (Wildman–Crippen LogP) is 3.71. The van der Waals surface area contributed by atoms with E-state index < -0.39 is 10.0 Å². The molecule has 0 spiro atoms. The summed E-state index contributed by atoms with van der Waals surface area (Å²) in [7, 11) is -2.15. The Morgan fingerprint density at radius 1 is 1.10 bits per heavy atom. The summed E-state index contributed by atoms with van der Waals surface area (Å²) in [6, 6.07) is 18.8. The van der Waals surface area contributed by atoms with E-state index >= 15 is 0 Å². The summed E-state index contributed by atoms with van der Waals surface area (Å²) in [4.78, 5) is 14.1. The van der Waals surface area contributed by atoms with E-state index in [1.54, 1.807) is 17.0 Å². The molecule has 0 saturated heterocycles. The molecule has 0 bridgehead atoms. The average molecular weight is 425 g/mol. The second-order valence-corrected chi connectivity index (χ2v) is 9.15. The number of amides is 1. The van der Waals surface area contributed by atoms with Gasteiger partial charge in [0.2, 0.25) is 10.0 Å². The van der Waals surface area contributed by atoms with Crippen molar-refractivity contribution in [1.82, 2.24) is 0 Å².